The predicted octanol–water partition coefficient (Wildman–Crippen LogP) is 1.96. The minimum absolute atomic E-state index is 0.0673. The summed E-state index contributed by atoms with van der Waals surface area (Å²) in [6.45, 7) is 1.59. The van der Waals surface area contributed by atoms with Crippen LogP contribution in [0, 0.1) is 0 Å². The number of aromatic hydroxyl groups is 3. The molecule has 2 aromatic rings. The van der Waals surface area contributed by atoms with Crippen molar-refractivity contribution in [2.75, 3.05) is 0 Å². The summed E-state index contributed by atoms with van der Waals surface area (Å²) in [5.41, 5.74) is 3.13. The molecule has 2 rings (SSSR count). The van der Waals surface area contributed by atoms with Gasteiger partial charge in [-0.05, 0) is 31.2 Å². The Morgan fingerprint density at radius 1 is 1.00 bits per heavy atom. The molecular formula is C15H14N2O4. The van der Waals surface area contributed by atoms with E-state index in [0.29, 0.717) is 11.3 Å². The van der Waals surface area contributed by atoms with Crippen molar-refractivity contribution in [2.24, 2.45) is 5.10 Å². The second-order valence-corrected chi connectivity index (χ2v) is 4.36. The van der Waals surface area contributed by atoms with Gasteiger partial charge in [-0.15, -0.1) is 0 Å². The quantitative estimate of drug-likeness (QED) is 0.511. The molecule has 0 aliphatic rings. The number of carbonyl (C=O) groups excluding carboxylic acids is 1. The first-order chi connectivity index (χ1) is 9.99. The lowest BCUT2D eigenvalue weighted by Gasteiger charge is -2.06. The van der Waals surface area contributed by atoms with Crippen LogP contribution in [0.15, 0.2) is 47.6 Å². The summed E-state index contributed by atoms with van der Waals surface area (Å²) in [7, 11) is 0. The number of phenols is 3. The van der Waals surface area contributed by atoms with Crippen molar-refractivity contribution in [2.45, 2.75) is 6.92 Å². The number of rotatable bonds is 3. The normalized spacial score (nSPS) is 11.2. The molecule has 0 radical (unpaired) electrons. The van der Waals surface area contributed by atoms with Crippen LogP contribution in [0.1, 0.15) is 22.8 Å². The first kappa shape index (κ1) is 14.4. The largest absolute Gasteiger partial charge is 0.508 e. The smallest absolute Gasteiger partial charge is 0.275 e. The fourth-order valence-corrected chi connectivity index (χ4v) is 1.75. The molecule has 0 unspecified atom stereocenters. The van der Waals surface area contributed by atoms with Gasteiger partial charge in [0, 0.05) is 11.6 Å². The highest BCUT2D eigenvalue weighted by atomic mass is 16.3. The highest BCUT2D eigenvalue weighted by Gasteiger charge is 2.10. The summed E-state index contributed by atoms with van der Waals surface area (Å²) in [4.78, 5) is 11.9. The van der Waals surface area contributed by atoms with E-state index in [1.807, 2.05) is 0 Å². The number of hydrogen-bond acceptors (Lipinski definition) is 5. The Labute approximate surface area is 121 Å². The van der Waals surface area contributed by atoms with Crippen LogP contribution in [0.3, 0.4) is 0 Å². The number of amides is 1. The molecule has 21 heavy (non-hydrogen) atoms. The van der Waals surface area contributed by atoms with Gasteiger partial charge in [0.2, 0.25) is 0 Å². The Kier molecular flexibility index (Phi) is 4.08. The maximum absolute atomic E-state index is 11.9. The second kappa shape index (κ2) is 5.96. The Balaban J connectivity index is 2.17. The molecule has 1 amide bonds. The molecule has 6 nitrogen and oxygen atoms in total. The third-order valence-corrected chi connectivity index (χ3v) is 2.84. The Bertz CT molecular complexity index is 711. The maximum Gasteiger partial charge on any atom is 0.275 e. The van der Waals surface area contributed by atoms with Gasteiger partial charge in [-0.2, -0.15) is 5.10 Å². The molecule has 0 bridgehead atoms. The molecule has 6 heteroatoms. The average Bonchev–Trinajstić information content (AvgIpc) is 2.45. The van der Waals surface area contributed by atoms with Crippen LogP contribution in [0.5, 0.6) is 17.2 Å². The maximum atomic E-state index is 11.9. The van der Waals surface area contributed by atoms with Crippen molar-refractivity contribution in [1.29, 1.82) is 0 Å². The van der Waals surface area contributed by atoms with Crippen LogP contribution < -0.4 is 5.43 Å². The molecule has 0 aliphatic carbocycles. The van der Waals surface area contributed by atoms with Gasteiger partial charge in [0.25, 0.3) is 5.91 Å². The van der Waals surface area contributed by atoms with Gasteiger partial charge in [0.15, 0.2) is 0 Å². The SMILES string of the molecule is C/C(=N/NC(=O)c1ccccc1O)c1ccc(O)cc1O. The topological polar surface area (TPSA) is 102 Å². The molecular weight excluding hydrogens is 272 g/mol. The minimum atomic E-state index is -0.564. The third kappa shape index (κ3) is 3.30. The van der Waals surface area contributed by atoms with E-state index in [4.69, 9.17) is 0 Å². The van der Waals surface area contributed by atoms with Gasteiger partial charge in [-0.25, -0.2) is 5.43 Å². The van der Waals surface area contributed by atoms with Crippen molar-refractivity contribution in [3.8, 4) is 17.2 Å². The second-order valence-electron chi connectivity index (χ2n) is 4.36. The summed E-state index contributed by atoms with van der Waals surface area (Å²) in [5, 5.41) is 32.3. The lowest BCUT2D eigenvalue weighted by Crippen LogP contribution is -2.19. The number of phenolic OH excluding ortho intramolecular Hbond substituents is 3. The van der Waals surface area contributed by atoms with Crippen LogP contribution in [0.2, 0.25) is 0 Å². The van der Waals surface area contributed by atoms with E-state index in [9.17, 15) is 20.1 Å². The highest BCUT2D eigenvalue weighted by Crippen LogP contribution is 2.23. The molecule has 0 atom stereocenters. The van der Waals surface area contributed by atoms with Gasteiger partial charge in [-0.3, -0.25) is 4.79 Å². The number of para-hydroxylation sites is 1. The first-order valence-corrected chi connectivity index (χ1v) is 6.14. The van der Waals surface area contributed by atoms with Crippen LogP contribution in [-0.2, 0) is 0 Å². The number of nitrogens with one attached hydrogen (secondary N) is 1. The Morgan fingerprint density at radius 3 is 2.38 bits per heavy atom. The van der Waals surface area contributed by atoms with Crippen molar-refractivity contribution >= 4 is 11.6 Å². The van der Waals surface area contributed by atoms with E-state index < -0.39 is 5.91 Å². The Hall–Kier alpha value is -3.02. The summed E-state index contributed by atoms with van der Waals surface area (Å²) >= 11 is 0. The molecule has 0 aromatic heterocycles. The highest BCUT2D eigenvalue weighted by molar-refractivity contribution is 6.03. The number of benzene rings is 2. The molecule has 0 heterocycles. The Morgan fingerprint density at radius 2 is 1.71 bits per heavy atom. The predicted molar refractivity (Wildman–Crippen MR) is 77.6 cm³/mol. The lowest BCUT2D eigenvalue weighted by atomic mass is 10.1. The van der Waals surface area contributed by atoms with Gasteiger partial charge in [0.05, 0.1) is 11.3 Å². The first-order valence-electron chi connectivity index (χ1n) is 6.14. The van der Waals surface area contributed by atoms with Crippen LogP contribution in [0.25, 0.3) is 0 Å². The molecule has 2 aromatic carbocycles. The van der Waals surface area contributed by atoms with E-state index in [-0.39, 0.29) is 22.8 Å². The number of carbonyl (C=O) groups is 1. The van der Waals surface area contributed by atoms with E-state index >= 15 is 0 Å². The van der Waals surface area contributed by atoms with Crippen LogP contribution in [-0.4, -0.2) is 26.9 Å². The molecule has 0 aliphatic heterocycles. The fourth-order valence-electron chi connectivity index (χ4n) is 1.75. The summed E-state index contributed by atoms with van der Waals surface area (Å²) in [6.07, 6.45) is 0. The van der Waals surface area contributed by atoms with Gasteiger partial charge in [0.1, 0.15) is 17.2 Å². The monoisotopic (exact) mass is 286 g/mol. The fraction of sp³-hybridized carbons (Fsp3) is 0.0667. The van der Waals surface area contributed by atoms with E-state index in [1.165, 1.54) is 30.3 Å². The summed E-state index contributed by atoms with van der Waals surface area (Å²) in [6, 6.07) is 10.2. The zero-order valence-corrected chi connectivity index (χ0v) is 11.2. The van der Waals surface area contributed by atoms with Crippen LogP contribution >= 0.6 is 0 Å². The molecule has 4 N–H and O–H groups in total. The molecule has 0 spiro atoms. The van der Waals surface area contributed by atoms with Crippen molar-refractivity contribution in [1.82, 2.24) is 5.43 Å². The molecule has 0 saturated heterocycles. The van der Waals surface area contributed by atoms with Crippen LogP contribution in [0.4, 0.5) is 0 Å². The molecule has 108 valence electrons. The molecule has 0 fully saturated rings. The van der Waals surface area contributed by atoms with Gasteiger partial charge in [-0.1, -0.05) is 12.1 Å². The van der Waals surface area contributed by atoms with Gasteiger partial charge < -0.3 is 15.3 Å². The lowest BCUT2D eigenvalue weighted by molar-refractivity contribution is 0.0952. The average molecular weight is 286 g/mol. The number of nitrogens with zero attached hydrogens (tertiary/aromatic N) is 1. The van der Waals surface area contributed by atoms with Crippen molar-refractivity contribution in [3.05, 3.63) is 53.6 Å². The van der Waals surface area contributed by atoms with E-state index in [2.05, 4.69) is 10.5 Å². The van der Waals surface area contributed by atoms with E-state index in [0.717, 1.165) is 0 Å². The van der Waals surface area contributed by atoms with Crippen molar-refractivity contribution in [3.63, 3.8) is 0 Å². The molecule has 0 saturated carbocycles. The summed E-state index contributed by atoms with van der Waals surface area (Å²) in [5.74, 6) is -0.920. The van der Waals surface area contributed by atoms with E-state index in [1.54, 1.807) is 19.1 Å². The van der Waals surface area contributed by atoms with Crippen molar-refractivity contribution < 1.29 is 20.1 Å². The summed E-state index contributed by atoms with van der Waals surface area (Å²) < 4.78 is 0. The zero-order chi connectivity index (χ0) is 15.4. The minimum Gasteiger partial charge on any atom is -0.508 e. The number of hydrazone groups is 1. The zero-order valence-electron chi connectivity index (χ0n) is 11.2. The standard InChI is InChI=1S/C15H14N2O4/c1-9(11-7-6-10(18)8-14(11)20)16-17-15(21)12-4-2-3-5-13(12)19/h2-8,18-20H,1H3,(H,17,21)/b16-9-. The number of hydrogen-bond donors (Lipinski definition) is 4. The third-order valence-electron chi connectivity index (χ3n) is 2.84. The van der Waals surface area contributed by atoms with Gasteiger partial charge >= 0.3 is 0 Å².